The van der Waals surface area contributed by atoms with Crippen LogP contribution in [-0.2, 0) is 4.57 Å². The van der Waals surface area contributed by atoms with Crippen molar-refractivity contribution in [1.29, 1.82) is 0 Å². The van der Waals surface area contributed by atoms with Gasteiger partial charge in [0.2, 0.25) is 0 Å². The van der Waals surface area contributed by atoms with Crippen molar-refractivity contribution in [2.75, 3.05) is 0 Å². The molecule has 0 aliphatic heterocycles. The van der Waals surface area contributed by atoms with Crippen molar-refractivity contribution >= 4 is 13.8 Å². The predicted molar refractivity (Wildman–Crippen MR) is 40.4 cm³/mol. The maximum Gasteiger partial charge on any atom is 0.573 e. The van der Waals surface area contributed by atoms with Gasteiger partial charge in [-0.3, -0.25) is 4.57 Å². The average Bonchev–Trinajstić information content (AvgIpc) is 2.01. The van der Waals surface area contributed by atoms with Gasteiger partial charge in [0.05, 0.1) is 0 Å². The monoisotopic (exact) mass is 208 g/mol. The molecule has 0 aromatic heterocycles. The third-order valence-corrected chi connectivity index (χ3v) is 1.65. The molecule has 1 aromatic carbocycles. The van der Waals surface area contributed by atoms with E-state index in [1.165, 1.54) is 12.1 Å². The number of halogens is 3. The van der Waals surface area contributed by atoms with Gasteiger partial charge in [0.1, 0.15) is 5.75 Å². The van der Waals surface area contributed by atoms with Gasteiger partial charge in [-0.05, 0) is 18.2 Å². The maximum atomic E-state index is 11.7. The van der Waals surface area contributed by atoms with Crippen molar-refractivity contribution in [3.8, 4) is 5.75 Å². The van der Waals surface area contributed by atoms with Crippen LogP contribution in [0.3, 0.4) is 0 Å². The van der Waals surface area contributed by atoms with Gasteiger partial charge in [-0.15, -0.1) is 13.2 Å². The zero-order chi connectivity index (χ0) is 9.90. The lowest BCUT2D eigenvalue weighted by Gasteiger charge is -2.07. The quantitative estimate of drug-likeness (QED) is 0.698. The highest BCUT2D eigenvalue weighted by atomic mass is 31.1. The van der Waals surface area contributed by atoms with Gasteiger partial charge in [-0.2, -0.15) is 0 Å². The van der Waals surface area contributed by atoms with Crippen LogP contribution >= 0.6 is 8.46 Å². The minimum absolute atomic E-state index is 0.238. The molecule has 13 heavy (non-hydrogen) atoms. The normalized spacial score (nSPS) is 11.6. The van der Waals surface area contributed by atoms with Crippen LogP contribution in [0.15, 0.2) is 24.3 Å². The van der Waals surface area contributed by atoms with Crippen LogP contribution in [0.1, 0.15) is 0 Å². The number of hydrogen-bond acceptors (Lipinski definition) is 2. The molecule has 0 spiro atoms. The molecule has 0 radical (unpaired) electrons. The summed E-state index contributed by atoms with van der Waals surface area (Å²) >= 11 is 0. The van der Waals surface area contributed by atoms with Crippen LogP contribution in [0.5, 0.6) is 5.75 Å². The molecule has 0 unspecified atom stereocenters. The lowest BCUT2D eigenvalue weighted by Crippen LogP contribution is -2.17. The Labute approximate surface area is 73.5 Å². The van der Waals surface area contributed by atoms with Gasteiger partial charge in [-0.1, -0.05) is 6.07 Å². The molecule has 1 rings (SSSR count). The minimum Gasteiger partial charge on any atom is -0.406 e. The van der Waals surface area contributed by atoms with Crippen LogP contribution in [0.2, 0.25) is 0 Å². The summed E-state index contributed by atoms with van der Waals surface area (Å²) in [4.78, 5) is 0. The van der Waals surface area contributed by atoms with E-state index >= 15 is 0 Å². The summed E-state index contributed by atoms with van der Waals surface area (Å²) in [6.45, 7) is 0. The van der Waals surface area contributed by atoms with Gasteiger partial charge >= 0.3 is 6.36 Å². The van der Waals surface area contributed by atoms with E-state index in [0.717, 1.165) is 12.1 Å². The predicted octanol–water partition coefficient (Wildman–Crippen LogP) is 2.50. The van der Waals surface area contributed by atoms with Crippen molar-refractivity contribution in [1.82, 2.24) is 0 Å². The third kappa shape index (κ3) is 3.42. The Hall–Kier alpha value is -1.09. The number of ether oxygens (including phenoxy) is 1. The first kappa shape index (κ1) is 9.99. The molecule has 0 saturated heterocycles. The average molecular weight is 208 g/mol. The highest BCUT2D eigenvalue weighted by molar-refractivity contribution is 7.34. The van der Waals surface area contributed by atoms with Crippen LogP contribution in [0.25, 0.3) is 0 Å². The summed E-state index contributed by atoms with van der Waals surface area (Å²) in [5, 5.41) is 0.238. The Balaban J connectivity index is 2.84. The number of alkyl halides is 3. The smallest absolute Gasteiger partial charge is 0.406 e. The van der Waals surface area contributed by atoms with Crippen LogP contribution in [-0.4, -0.2) is 6.36 Å². The molecule has 0 bridgehead atoms. The molecule has 6 heteroatoms. The van der Waals surface area contributed by atoms with E-state index in [1.807, 2.05) is 0 Å². The van der Waals surface area contributed by atoms with Crippen molar-refractivity contribution in [2.24, 2.45) is 0 Å². The second-order valence-corrected chi connectivity index (χ2v) is 2.84. The van der Waals surface area contributed by atoms with E-state index in [2.05, 4.69) is 4.74 Å². The summed E-state index contributed by atoms with van der Waals surface area (Å²) < 4.78 is 48.9. The van der Waals surface area contributed by atoms with Crippen LogP contribution < -0.4 is 10.0 Å². The Bertz CT molecular complexity index is 311. The molecule has 0 amide bonds. The zero-order valence-electron chi connectivity index (χ0n) is 6.21. The van der Waals surface area contributed by atoms with Gasteiger partial charge < -0.3 is 4.74 Å². The van der Waals surface area contributed by atoms with Crippen LogP contribution in [0, 0.1) is 0 Å². The van der Waals surface area contributed by atoms with Crippen LogP contribution in [0.4, 0.5) is 13.2 Å². The molecule has 0 aliphatic carbocycles. The maximum absolute atomic E-state index is 11.7. The standard InChI is InChI=1S/C7H4F3O2P/c8-7(9,10)12-5-2-1-3-6(4-5)13-11/h1-4H. The van der Waals surface area contributed by atoms with Crippen molar-refractivity contribution in [3.05, 3.63) is 24.3 Å². The summed E-state index contributed by atoms with van der Waals surface area (Å²) in [5.74, 6) is -0.367. The fourth-order valence-corrected chi connectivity index (χ4v) is 1.06. The van der Waals surface area contributed by atoms with Gasteiger partial charge in [0.15, 0.2) is 8.46 Å². The van der Waals surface area contributed by atoms with E-state index in [9.17, 15) is 17.7 Å². The number of rotatable bonds is 2. The van der Waals surface area contributed by atoms with E-state index in [4.69, 9.17) is 0 Å². The fraction of sp³-hybridized carbons (Fsp3) is 0.143. The number of hydrogen-bond donors (Lipinski definition) is 0. The molecule has 0 N–H and O–H groups in total. The van der Waals surface area contributed by atoms with Crippen molar-refractivity contribution in [3.63, 3.8) is 0 Å². The lowest BCUT2D eigenvalue weighted by molar-refractivity contribution is -0.274. The highest BCUT2D eigenvalue weighted by Gasteiger charge is 2.31. The van der Waals surface area contributed by atoms with E-state index in [-0.39, 0.29) is 19.5 Å². The summed E-state index contributed by atoms with van der Waals surface area (Å²) in [5.41, 5.74) is 0. The first-order chi connectivity index (χ1) is 6.01. The Morgan fingerprint density at radius 1 is 1.31 bits per heavy atom. The highest BCUT2D eigenvalue weighted by Crippen LogP contribution is 2.21. The summed E-state index contributed by atoms with van der Waals surface area (Å²) in [6, 6.07) is 4.96. The third-order valence-electron chi connectivity index (χ3n) is 1.16. The Kier molecular flexibility index (Phi) is 2.88. The Morgan fingerprint density at radius 2 is 2.00 bits per heavy atom. The van der Waals surface area contributed by atoms with E-state index in [0.29, 0.717) is 0 Å². The van der Waals surface area contributed by atoms with Gasteiger partial charge in [-0.25, -0.2) is 0 Å². The minimum atomic E-state index is -4.71. The molecule has 0 aliphatic rings. The molecule has 0 saturated carbocycles. The topological polar surface area (TPSA) is 26.3 Å². The molecule has 0 fully saturated rings. The fourth-order valence-electron chi connectivity index (χ4n) is 0.737. The van der Waals surface area contributed by atoms with Crippen molar-refractivity contribution in [2.45, 2.75) is 6.36 Å². The molecule has 0 heterocycles. The van der Waals surface area contributed by atoms with Gasteiger partial charge in [0.25, 0.3) is 0 Å². The molecule has 70 valence electrons. The zero-order valence-corrected chi connectivity index (χ0v) is 7.10. The molecular formula is C7H4F3O2P. The molecular weight excluding hydrogens is 204 g/mol. The molecule has 0 atom stereocenters. The number of benzene rings is 1. The SMILES string of the molecule is O=Pc1cccc(OC(F)(F)F)c1. The second-order valence-electron chi connectivity index (χ2n) is 2.14. The van der Waals surface area contributed by atoms with Crippen molar-refractivity contribution < 1.29 is 22.5 Å². The largest absolute Gasteiger partial charge is 0.573 e. The molecule has 2 nitrogen and oxygen atoms in total. The van der Waals surface area contributed by atoms with E-state index < -0.39 is 6.36 Å². The van der Waals surface area contributed by atoms with E-state index in [1.54, 1.807) is 0 Å². The first-order valence-corrected chi connectivity index (χ1v) is 4.02. The lowest BCUT2D eigenvalue weighted by atomic mass is 10.3. The second kappa shape index (κ2) is 3.75. The summed E-state index contributed by atoms with van der Waals surface area (Å²) in [6.07, 6.45) is -4.71. The first-order valence-electron chi connectivity index (χ1n) is 3.20. The summed E-state index contributed by atoms with van der Waals surface area (Å²) in [7, 11) is -0.336. The Morgan fingerprint density at radius 3 is 2.54 bits per heavy atom. The molecule has 1 aromatic rings. The van der Waals surface area contributed by atoms with Gasteiger partial charge in [0, 0.05) is 5.30 Å².